The van der Waals surface area contributed by atoms with Gasteiger partial charge in [0.15, 0.2) is 11.5 Å². The van der Waals surface area contributed by atoms with Crippen LogP contribution in [-0.4, -0.2) is 57.0 Å². The van der Waals surface area contributed by atoms with Gasteiger partial charge in [-0.2, -0.15) is 0 Å². The van der Waals surface area contributed by atoms with E-state index in [9.17, 15) is 0 Å². The van der Waals surface area contributed by atoms with E-state index < -0.39 is 0 Å². The van der Waals surface area contributed by atoms with Gasteiger partial charge < -0.3 is 19.5 Å². The first-order valence-corrected chi connectivity index (χ1v) is 9.52. The molecule has 0 aromatic heterocycles. The van der Waals surface area contributed by atoms with E-state index in [0.717, 1.165) is 61.9 Å². The molecule has 1 saturated heterocycles. The van der Waals surface area contributed by atoms with Crippen LogP contribution in [0.25, 0.3) is 0 Å². The van der Waals surface area contributed by atoms with Gasteiger partial charge in [0.25, 0.3) is 0 Å². The molecule has 24 heavy (non-hydrogen) atoms. The van der Waals surface area contributed by atoms with Gasteiger partial charge in [0, 0.05) is 32.7 Å². The van der Waals surface area contributed by atoms with E-state index in [2.05, 4.69) is 38.3 Å². The van der Waals surface area contributed by atoms with Gasteiger partial charge in [-0.15, -0.1) is 0 Å². The average Bonchev–Trinajstić information content (AvgIpc) is 2.56. The van der Waals surface area contributed by atoms with E-state index in [-0.39, 0.29) is 6.10 Å². The number of nitrogens with zero attached hydrogens (tertiary/aromatic N) is 1. The van der Waals surface area contributed by atoms with E-state index in [1.54, 1.807) is 0 Å². The highest BCUT2D eigenvalue weighted by Crippen LogP contribution is 2.37. The van der Waals surface area contributed by atoms with Crippen molar-refractivity contribution >= 4 is 15.9 Å². The maximum Gasteiger partial charge on any atom is 0.175 e. The van der Waals surface area contributed by atoms with E-state index in [4.69, 9.17) is 14.2 Å². The number of nitrogens with one attached hydrogen (secondary N) is 1. The molecule has 1 aliphatic heterocycles. The topological polar surface area (TPSA) is 43.0 Å². The van der Waals surface area contributed by atoms with E-state index in [0.29, 0.717) is 6.61 Å². The van der Waals surface area contributed by atoms with Crippen LogP contribution in [0, 0.1) is 0 Å². The summed E-state index contributed by atoms with van der Waals surface area (Å²) in [6.07, 6.45) is 0.109. The Bertz CT molecular complexity index is 505. The average molecular weight is 401 g/mol. The van der Waals surface area contributed by atoms with Crippen molar-refractivity contribution in [3.63, 3.8) is 0 Å². The second kappa shape index (κ2) is 10.2. The van der Waals surface area contributed by atoms with Crippen molar-refractivity contribution in [1.82, 2.24) is 10.2 Å². The molecule has 1 heterocycles. The molecule has 1 aromatic carbocycles. The Morgan fingerprint density at radius 2 is 2.04 bits per heavy atom. The number of halogens is 1. The first kappa shape index (κ1) is 19.5. The normalized spacial score (nSPS) is 15.7. The second-order valence-electron chi connectivity index (χ2n) is 6.14. The van der Waals surface area contributed by atoms with Gasteiger partial charge in [-0.25, -0.2) is 0 Å². The van der Waals surface area contributed by atoms with Gasteiger partial charge >= 0.3 is 0 Å². The van der Waals surface area contributed by atoms with Crippen molar-refractivity contribution in [3.8, 4) is 11.5 Å². The summed E-state index contributed by atoms with van der Waals surface area (Å²) in [6, 6.07) is 4.16. The van der Waals surface area contributed by atoms with Crippen molar-refractivity contribution in [2.75, 3.05) is 46.0 Å². The highest BCUT2D eigenvalue weighted by atomic mass is 79.9. The molecule has 136 valence electrons. The molecule has 6 heteroatoms. The van der Waals surface area contributed by atoms with Crippen molar-refractivity contribution in [3.05, 3.63) is 22.2 Å². The molecular formula is C18H29BrN2O3. The van der Waals surface area contributed by atoms with Gasteiger partial charge in [-0.1, -0.05) is 0 Å². The molecule has 0 aliphatic carbocycles. The fourth-order valence-corrected chi connectivity index (χ4v) is 3.21. The van der Waals surface area contributed by atoms with Crippen molar-refractivity contribution in [2.45, 2.75) is 33.4 Å². The molecule has 1 N–H and O–H groups in total. The number of ether oxygens (including phenoxy) is 3. The zero-order valence-corrected chi connectivity index (χ0v) is 16.5. The van der Waals surface area contributed by atoms with Crippen LogP contribution in [0.3, 0.4) is 0 Å². The van der Waals surface area contributed by atoms with Crippen LogP contribution in [0.15, 0.2) is 16.6 Å². The summed E-state index contributed by atoms with van der Waals surface area (Å²) in [4.78, 5) is 2.43. The van der Waals surface area contributed by atoms with Crippen molar-refractivity contribution in [2.24, 2.45) is 0 Å². The Labute approximate surface area is 153 Å². The van der Waals surface area contributed by atoms with E-state index in [1.807, 2.05) is 20.8 Å². The molecule has 0 atom stereocenters. The first-order chi connectivity index (χ1) is 11.6. The van der Waals surface area contributed by atoms with E-state index in [1.165, 1.54) is 5.56 Å². The third kappa shape index (κ3) is 6.24. The lowest BCUT2D eigenvalue weighted by atomic mass is 10.2. The van der Waals surface area contributed by atoms with Crippen molar-refractivity contribution < 1.29 is 14.2 Å². The number of hydrogen-bond donors (Lipinski definition) is 1. The molecule has 0 saturated carbocycles. The summed E-state index contributed by atoms with van der Waals surface area (Å²) in [5, 5.41) is 3.51. The van der Waals surface area contributed by atoms with Crippen LogP contribution < -0.4 is 14.8 Å². The molecule has 0 unspecified atom stereocenters. The Hall–Kier alpha value is -0.820. The summed E-state index contributed by atoms with van der Waals surface area (Å²) in [5.74, 6) is 1.58. The zero-order valence-electron chi connectivity index (χ0n) is 14.9. The predicted octanol–water partition coefficient (Wildman–Crippen LogP) is 3.06. The quantitative estimate of drug-likeness (QED) is 0.645. The van der Waals surface area contributed by atoms with E-state index >= 15 is 0 Å². The Kier molecular flexibility index (Phi) is 8.32. The smallest absolute Gasteiger partial charge is 0.175 e. The van der Waals surface area contributed by atoms with Gasteiger partial charge in [-0.3, -0.25) is 4.90 Å². The summed E-state index contributed by atoms with van der Waals surface area (Å²) in [6.45, 7) is 13.2. The maximum absolute atomic E-state index is 5.88. The molecule has 1 aliphatic rings. The Morgan fingerprint density at radius 1 is 1.29 bits per heavy atom. The third-order valence-corrected chi connectivity index (χ3v) is 4.35. The molecular weight excluding hydrogens is 372 g/mol. The summed E-state index contributed by atoms with van der Waals surface area (Å²) < 4.78 is 17.9. The monoisotopic (exact) mass is 400 g/mol. The number of benzene rings is 1. The fourth-order valence-electron chi connectivity index (χ4n) is 2.63. The molecule has 0 amide bonds. The van der Waals surface area contributed by atoms with Crippen LogP contribution in [0.4, 0.5) is 0 Å². The Morgan fingerprint density at radius 3 is 2.71 bits per heavy atom. The molecule has 1 aromatic rings. The predicted molar refractivity (Wildman–Crippen MR) is 100 cm³/mol. The molecule has 5 nitrogen and oxygen atoms in total. The minimum Gasteiger partial charge on any atom is -0.490 e. The standard InChI is InChI=1S/C18H29BrN2O3/c1-4-23-17-12-15(11-16(19)18(17)24-14(2)3)13-20-5-6-21-7-9-22-10-8-21/h11-12,14,20H,4-10,13H2,1-3H3. The summed E-state index contributed by atoms with van der Waals surface area (Å²) in [5.41, 5.74) is 1.18. The molecule has 2 rings (SSSR count). The first-order valence-electron chi connectivity index (χ1n) is 8.72. The molecule has 0 spiro atoms. The SMILES string of the molecule is CCOc1cc(CNCCN2CCOCC2)cc(Br)c1OC(C)C. The highest BCUT2D eigenvalue weighted by molar-refractivity contribution is 9.10. The second-order valence-corrected chi connectivity index (χ2v) is 6.99. The molecule has 1 fully saturated rings. The Balaban J connectivity index is 1.89. The minimum absolute atomic E-state index is 0.109. The van der Waals surface area contributed by atoms with Crippen LogP contribution in [-0.2, 0) is 11.3 Å². The van der Waals surface area contributed by atoms with Gasteiger partial charge in [0.2, 0.25) is 0 Å². The number of rotatable bonds is 9. The van der Waals surface area contributed by atoms with Gasteiger partial charge in [0.05, 0.1) is 30.4 Å². The van der Waals surface area contributed by atoms with Crippen molar-refractivity contribution in [1.29, 1.82) is 0 Å². The largest absolute Gasteiger partial charge is 0.490 e. The minimum atomic E-state index is 0.109. The highest BCUT2D eigenvalue weighted by Gasteiger charge is 2.14. The fraction of sp³-hybridized carbons (Fsp3) is 0.667. The molecule has 0 radical (unpaired) electrons. The number of morpholine rings is 1. The van der Waals surface area contributed by atoms with Gasteiger partial charge in [0.1, 0.15) is 0 Å². The van der Waals surface area contributed by atoms with Crippen LogP contribution in [0.5, 0.6) is 11.5 Å². The van der Waals surface area contributed by atoms with Crippen LogP contribution in [0.1, 0.15) is 26.3 Å². The lowest BCUT2D eigenvalue weighted by molar-refractivity contribution is 0.0384. The number of hydrogen-bond acceptors (Lipinski definition) is 5. The summed E-state index contributed by atoms with van der Waals surface area (Å²) >= 11 is 3.61. The van der Waals surface area contributed by atoms with Crippen LogP contribution in [0.2, 0.25) is 0 Å². The lowest BCUT2D eigenvalue weighted by Gasteiger charge is -2.26. The maximum atomic E-state index is 5.88. The third-order valence-electron chi connectivity index (χ3n) is 3.76. The lowest BCUT2D eigenvalue weighted by Crippen LogP contribution is -2.40. The van der Waals surface area contributed by atoms with Gasteiger partial charge in [-0.05, 0) is 54.4 Å². The van der Waals surface area contributed by atoms with Crippen LogP contribution >= 0.6 is 15.9 Å². The zero-order chi connectivity index (χ0) is 17.4. The summed E-state index contributed by atoms with van der Waals surface area (Å²) in [7, 11) is 0. The molecule has 0 bridgehead atoms.